The second-order valence-corrected chi connectivity index (χ2v) is 6.48. The molecule has 0 aromatic carbocycles. The predicted octanol–water partition coefficient (Wildman–Crippen LogP) is 0.797. The first-order valence-corrected chi connectivity index (χ1v) is 7.23. The highest BCUT2D eigenvalue weighted by Gasteiger charge is 2.27. The van der Waals surface area contributed by atoms with Crippen LogP contribution in [0.2, 0.25) is 0 Å². The molecule has 0 bridgehead atoms. The van der Waals surface area contributed by atoms with Crippen LogP contribution in [0.4, 0.5) is 4.79 Å². The molecular formula is C14H25N3O4. The largest absolute Gasteiger partial charge is 0.481 e. The first kappa shape index (κ1) is 17.3. The Kier molecular flexibility index (Phi) is 5.99. The SMILES string of the molecule is CC(C)(C)NC(=O)CCNC(=O)N1CCC(CC(=O)O)C1. The van der Waals surface area contributed by atoms with Gasteiger partial charge >= 0.3 is 12.0 Å². The van der Waals surface area contributed by atoms with Crippen LogP contribution in [0.15, 0.2) is 0 Å². The van der Waals surface area contributed by atoms with Gasteiger partial charge in [0.1, 0.15) is 0 Å². The van der Waals surface area contributed by atoms with Crippen molar-refractivity contribution in [1.82, 2.24) is 15.5 Å². The molecule has 0 aromatic rings. The summed E-state index contributed by atoms with van der Waals surface area (Å²) in [6, 6.07) is -0.230. The standard InChI is InChI=1S/C14H25N3O4/c1-14(2,3)16-11(18)4-6-15-13(21)17-7-5-10(9-17)8-12(19)20/h10H,4-9H2,1-3H3,(H,15,21)(H,16,18)(H,19,20). The molecule has 0 saturated carbocycles. The van der Waals surface area contributed by atoms with Crippen molar-refractivity contribution in [2.45, 2.75) is 45.6 Å². The van der Waals surface area contributed by atoms with Crippen LogP contribution in [0.1, 0.15) is 40.0 Å². The summed E-state index contributed by atoms with van der Waals surface area (Å²) in [5.41, 5.74) is -0.278. The minimum absolute atomic E-state index is 0.0254. The third-order valence-corrected chi connectivity index (χ3v) is 3.18. The summed E-state index contributed by atoms with van der Waals surface area (Å²) in [5, 5.41) is 14.2. The number of carbonyl (C=O) groups excluding carboxylic acids is 2. The summed E-state index contributed by atoms with van der Waals surface area (Å²) in [6.45, 7) is 7.01. The van der Waals surface area contributed by atoms with E-state index in [9.17, 15) is 14.4 Å². The zero-order valence-corrected chi connectivity index (χ0v) is 12.9. The Bertz CT molecular complexity index is 404. The van der Waals surface area contributed by atoms with E-state index < -0.39 is 5.97 Å². The van der Waals surface area contributed by atoms with E-state index in [1.54, 1.807) is 4.90 Å². The summed E-state index contributed by atoms with van der Waals surface area (Å²) >= 11 is 0. The van der Waals surface area contributed by atoms with E-state index in [0.29, 0.717) is 19.5 Å². The lowest BCUT2D eigenvalue weighted by Gasteiger charge is -2.21. The van der Waals surface area contributed by atoms with Gasteiger partial charge in [0.25, 0.3) is 0 Å². The third kappa shape index (κ3) is 6.97. The molecule has 0 spiro atoms. The fourth-order valence-corrected chi connectivity index (χ4v) is 2.31. The number of nitrogens with one attached hydrogen (secondary N) is 2. The summed E-state index contributed by atoms with van der Waals surface area (Å²) in [4.78, 5) is 35.7. The molecule has 0 aliphatic carbocycles. The van der Waals surface area contributed by atoms with E-state index in [1.165, 1.54) is 0 Å². The van der Waals surface area contributed by atoms with E-state index in [1.807, 2.05) is 20.8 Å². The van der Waals surface area contributed by atoms with Gasteiger partial charge in [-0.15, -0.1) is 0 Å². The smallest absolute Gasteiger partial charge is 0.317 e. The van der Waals surface area contributed by atoms with Gasteiger partial charge < -0.3 is 20.6 Å². The topological polar surface area (TPSA) is 98.7 Å². The molecule has 3 N–H and O–H groups in total. The quantitative estimate of drug-likeness (QED) is 0.699. The Labute approximate surface area is 125 Å². The van der Waals surface area contributed by atoms with Crippen molar-refractivity contribution < 1.29 is 19.5 Å². The maximum absolute atomic E-state index is 11.9. The fraction of sp³-hybridized carbons (Fsp3) is 0.786. The molecule has 21 heavy (non-hydrogen) atoms. The molecule has 120 valence electrons. The van der Waals surface area contributed by atoms with Crippen molar-refractivity contribution in [3.63, 3.8) is 0 Å². The van der Waals surface area contributed by atoms with Crippen LogP contribution >= 0.6 is 0 Å². The number of likely N-dealkylation sites (tertiary alicyclic amines) is 1. The van der Waals surface area contributed by atoms with Crippen LogP contribution < -0.4 is 10.6 Å². The molecule has 1 unspecified atom stereocenters. The van der Waals surface area contributed by atoms with Crippen LogP contribution in [0, 0.1) is 5.92 Å². The van der Waals surface area contributed by atoms with Crippen LogP contribution in [0.3, 0.4) is 0 Å². The summed E-state index contributed by atoms with van der Waals surface area (Å²) < 4.78 is 0. The molecule has 7 nitrogen and oxygen atoms in total. The van der Waals surface area contributed by atoms with Gasteiger partial charge in [0.2, 0.25) is 5.91 Å². The summed E-state index contributed by atoms with van der Waals surface area (Å²) in [6.07, 6.45) is 1.04. The molecule has 3 amide bonds. The molecule has 1 rings (SSSR count). The average molecular weight is 299 g/mol. The molecule has 1 aliphatic rings. The molecule has 1 fully saturated rings. The highest BCUT2D eigenvalue weighted by Crippen LogP contribution is 2.19. The van der Waals surface area contributed by atoms with Gasteiger partial charge in [-0.3, -0.25) is 9.59 Å². The van der Waals surface area contributed by atoms with E-state index >= 15 is 0 Å². The number of urea groups is 1. The van der Waals surface area contributed by atoms with Crippen LogP contribution in [-0.2, 0) is 9.59 Å². The normalized spacial score (nSPS) is 18.4. The van der Waals surface area contributed by atoms with Crippen LogP contribution in [0.25, 0.3) is 0 Å². The number of nitrogens with zero attached hydrogens (tertiary/aromatic N) is 1. The maximum Gasteiger partial charge on any atom is 0.317 e. The Hall–Kier alpha value is -1.79. The molecule has 1 aliphatic heterocycles. The van der Waals surface area contributed by atoms with Crippen molar-refractivity contribution >= 4 is 17.9 Å². The Morgan fingerprint density at radius 2 is 1.95 bits per heavy atom. The van der Waals surface area contributed by atoms with Gasteiger partial charge in [0, 0.05) is 38.0 Å². The Balaban J connectivity index is 2.23. The lowest BCUT2D eigenvalue weighted by Crippen LogP contribution is -2.43. The number of amides is 3. The average Bonchev–Trinajstić information content (AvgIpc) is 2.73. The van der Waals surface area contributed by atoms with Gasteiger partial charge in [-0.2, -0.15) is 0 Å². The summed E-state index contributed by atoms with van der Waals surface area (Å²) in [7, 11) is 0. The number of carboxylic acid groups (broad SMARTS) is 1. The lowest BCUT2D eigenvalue weighted by molar-refractivity contribution is -0.138. The second-order valence-electron chi connectivity index (χ2n) is 6.48. The van der Waals surface area contributed by atoms with E-state index in [-0.39, 0.29) is 42.8 Å². The van der Waals surface area contributed by atoms with Gasteiger partial charge in [0.15, 0.2) is 0 Å². The van der Waals surface area contributed by atoms with Gasteiger partial charge in [-0.25, -0.2) is 4.79 Å². The number of carboxylic acids is 1. The highest BCUT2D eigenvalue weighted by atomic mass is 16.4. The van der Waals surface area contributed by atoms with Crippen molar-refractivity contribution in [3.8, 4) is 0 Å². The molecule has 1 heterocycles. The number of hydrogen-bond acceptors (Lipinski definition) is 3. The van der Waals surface area contributed by atoms with Gasteiger partial charge in [0.05, 0.1) is 0 Å². The lowest BCUT2D eigenvalue weighted by atomic mass is 10.1. The first-order chi connectivity index (χ1) is 9.67. The minimum atomic E-state index is -0.832. The van der Waals surface area contributed by atoms with E-state index in [4.69, 9.17) is 5.11 Å². The highest BCUT2D eigenvalue weighted by molar-refractivity contribution is 5.78. The molecule has 7 heteroatoms. The fourth-order valence-electron chi connectivity index (χ4n) is 2.31. The van der Waals surface area contributed by atoms with Crippen molar-refractivity contribution in [1.29, 1.82) is 0 Å². The predicted molar refractivity (Wildman–Crippen MR) is 77.8 cm³/mol. The maximum atomic E-state index is 11.9. The molecular weight excluding hydrogens is 274 g/mol. The molecule has 0 aromatic heterocycles. The van der Waals surface area contributed by atoms with Crippen LogP contribution in [-0.4, -0.2) is 53.1 Å². The van der Waals surface area contributed by atoms with Crippen molar-refractivity contribution in [2.24, 2.45) is 5.92 Å². The number of rotatable bonds is 5. The molecule has 1 saturated heterocycles. The Morgan fingerprint density at radius 3 is 2.52 bits per heavy atom. The van der Waals surface area contributed by atoms with Gasteiger partial charge in [-0.1, -0.05) is 0 Å². The number of carbonyl (C=O) groups is 3. The second kappa shape index (κ2) is 7.28. The zero-order valence-electron chi connectivity index (χ0n) is 12.9. The Morgan fingerprint density at radius 1 is 1.29 bits per heavy atom. The third-order valence-electron chi connectivity index (χ3n) is 3.18. The summed E-state index contributed by atoms with van der Waals surface area (Å²) in [5.74, 6) is -0.911. The van der Waals surface area contributed by atoms with Crippen LogP contribution in [0.5, 0.6) is 0 Å². The number of aliphatic carboxylic acids is 1. The molecule has 0 radical (unpaired) electrons. The van der Waals surface area contributed by atoms with E-state index in [2.05, 4.69) is 10.6 Å². The number of hydrogen-bond donors (Lipinski definition) is 3. The van der Waals surface area contributed by atoms with E-state index in [0.717, 1.165) is 0 Å². The zero-order chi connectivity index (χ0) is 16.0. The first-order valence-electron chi connectivity index (χ1n) is 7.23. The van der Waals surface area contributed by atoms with Crippen molar-refractivity contribution in [2.75, 3.05) is 19.6 Å². The minimum Gasteiger partial charge on any atom is -0.481 e. The molecule has 1 atom stereocenters. The monoisotopic (exact) mass is 299 g/mol. The van der Waals surface area contributed by atoms with Crippen molar-refractivity contribution in [3.05, 3.63) is 0 Å². The van der Waals surface area contributed by atoms with Gasteiger partial charge in [-0.05, 0) is 33.1 Å².